The molecule has 0 radical (unpaired) electrons. The molecule has 0 amide bonds. The fourth-order valence-corrected chi connectivity index (χ4v) is 5.57. The second-order valence-corrected chi connectivity index (χ2v) is 11.1. The molecule has 0 atom stereocenters. The molecule has 8 heteroatoms. The van der Waals surface area contributed by atoms with Crippen LogP contribution in [0, 0.1) is 5.41 Å². The summed E-state index contributed by atoms with van der Waals surface area (Å²) in [7, 11) is -0.775. The maximum Gasteiger partial charge on any atom is 0.274 e. The Morgan fingerprint density at radius 1 is 1.10 bits per heavy atom. The molecule has 0 unspecified atom stereocenters. The van der Waals surface area contributed by atoms with E-state index < -0.39 is 22.6 Å². The van der Waals surface area contributed by atoms with Crippen LogP contribution in [0.2, 0.25) is 0 Å². The third-order valence-electron chi connectivity index (χ3n) is 6.89. The number of pyridine rings is 1. The van der Waals surface area contributed by atoms with Gasteiger partial charge in [-0.25, -0.2) is 12.7 Å². The number of rotatable bonds is 4. The molecule has 5 rings (SSSR count). The summed E-state index contributed by atoms with van der Waals surface area (Å²) < 4.78 is 51.4. The lowest BCUT2D eigenvalue weighted by Crippen LogP contribution is -2.34. The number of benzene rings is 1. The number of aromatic amines is 1. The van der Waals surface area contributed by atoms with Crippen LogP contribution in [0.3, 0.4) is 0 Å². The number of nitrogens with zero attached hydrogens (tertiary/aromatic N) is 3. The molecule has 31 heavy (non-hydrogen) atoms. The monoisotopic (exact) mass is 443 g/mol. The highest BCUT2D eigenvalue weighted by molar-refractivity contribution is 7.89. The van der Waals surface area contributed by atoms with E-state index in [0.29, 0.717) is 21.9 Å². The van der Waals surface area contributed by atoms with Crippen LogP contribution in [0.5, 0.6) is 0 Å². The van der Waals surface area contributed by atoms with Gasteiger partial charge in [0.05, 0.1) is 4.90 Å². The van der Waals surface area contributed by atoms with Crippen molar-refractivity contribution >= 4 is 26.6 Å². The number of hydrogen-bond acceptors (Lipinski definition) is 4. The van der Waals surface area contributed by atoms with Crippen molar-refractivity contribution in [3.8, 4) is 11.1 Å². The van der Waals surface area contributed by atoms with E-state index in [2.05, 4.69) is 9.88 Å². The summed E-state index contributed by atoms with van der Waals surface area (Å²) in [6.07, 6.45) is 7.62. The van der Waals surface area contributed by atoms with Gasteiger partial charge in [-0.3, -0.25) is 4.79 Å². The highest BCUT2D eigenvalue weighted by atomic mass is 32.2. The normalized spacial score (nSPS) is 20.1. The molecule has 7 nitrogen and oxygen atoms in total. The van der Waals surface area contributed by atoms with Crippen molar-refractivity contribution in [2.45, 2.75) is 30.6 Å². The molecular formula is C23H28N4O3S. The minimum absolute atomic E-state index is 0.113. The summed E-state index contributed by atoms with van der Waals surface area (Å²) >= 11 is 0. The van der Waals surface area contributed by atoms with Gasteiger partial charge in [0.1, 0.15) is 5.52 Å². The average molecular weight is 444 g/mol. The van der Waals surface area contributed by atoms with Crippen LogP contribution < -0.4 is 10.5 Å². The van der Waals surface area contributed by atoms with Crippen molar-refractivity contribution in [3.05, 3.63) is 47.0 Å². The number of anilines is 1. The number of fused-ring (bicyclic) bond motifs is 1. The molecule has 0 bridgehead atoms. The maximum atomic E-state index is 13.0. The van der Waals surface area contributed by atoms with Gasteiger partial charge < -0.3 is 14.5 Å². The quantitative estimate of drug-likeness (QED) is 0.672. The van der Waals surface area contributed by atoms with Crippen molar-refractivity contribution in [1.82, 2.24) is 13.9 Å². The van der Waals surface area contributed by atoms with E-state index in [4.69, 9.17) is 4.11 Å². The van der Waals surface area contributed by atoms with Crippen LogP contribution in [-0.4, -0.2) is 49.5 Å². The number of nitrogens with one attached hydrogen (secondary N) is 1. The molecule has 1 saturated carbocycles. The van der Waals surface area contributed by atoms with Gasteiger partial charge >= 0.3 is 0 Å². The minimum atomic E-state index is -3.72. The van der Waals surface area contributed by atoms with Gasteiger partial charge in [-0.05, 0) is 55.4 Å². The molecule has 3 aromatic rings. The fraction of sp³-hybridized carbons (Fsp3) is 0.435. The first kappa shape index (κ1) is 17.0. The van der Waals surface area contributed by atoms with Gasteiger partial charge in [0.2, 0.25) is 10.0 Å². The van der Waals surface area contributed by atoms with Gasteiger partial charge in [-0.1, -0.05) is 0 Å². The van der Waals surface area contributed by atoms with Crippen LogP contribution >= 0.6 is 0 Å². The Morgan fingerprint density at radius 3 is 2.48 bits per heavy atom. The number of piperidine rings is 1. The Hall–Kier alpha value is -2.58. The molecule has 1 aromatic carbocycles. The lowest BCUT2D eigenvalue weighted by atomic mass is 9.92. The van der Waals surface area contributed by atoms with Gasteiger partial charge in [0.15, 0.2) is 0 Å². The Kier molecular flexibility index (Phi) is 3.83. The zero-order valence-electron chi connectivity index (χ0n) is 20.7. The van der Waals surface area contributed by atoms with E-state index in [1.54, 1.807) is 30.5 Å². The van der Waals surface area contributed by atoms with E-state index in [1.165, 1.54) is 33.1 Å². The van der Waals surface area contributed by atoms with Crippen LogP contribution in [0.15, 0.2) is 46.3 Å². The maximum absolute atomic E-state index is 13.0. The predicted molar refractivity (Wildman–Crippen MR) is 123 cm³/mol. The van der Waals surface area contributed by atoms with E-state index in [-0.39, 0.29) is 10.4 Å². The number of H-pyrrole nitrogens is 1. The van der Waals surface area contributed by atoms with Crippen molar-refractivity contribution in [2.75, 3.05) is 32.1 Å². The number of aryl methyl sites for hydroxylation is 1. The van der Waals surface area contributed by atoms with Crippen LogP contribution in [-0.2, 0) is 17.0 Å². The first-order valence-corrected chi connectivity index (χ1v) is 11.9. The Balaban J connectivity index is 1.75. The van der Waals surface area contributed by atoms with Crippen LogP contribution in [0.1, 0.15) is 29.8 Å². The fourth-order valence-electron chi connectivity index (χ4n) is 4.64. The third-order valence-corrected chi connectivity index (χ3v) is 8.70. The van der Waals surface area contributed by atoms with Gasteiger partial charge in [-0.2, -0.15) is 0 Å². The smallest absolute Gasteiger partial charge is 0.274 e. The zero-order chi connectivity index (χ0) is 24.5. The second-order valence-electron chi connectivity index (χ2n) is 8.94. The van der Waals surface area contributed by atoms with Crippen molar-refractivity contribution in [2.24, 2.45) is 12.4 Å². The van der Waals surface area contributed by atoms with E-state index in [9.17, 15) is 13.2 Å². The summed E-state index contributed by atoms with van der Waals surface area (Å²) in [4.78, 5) is 18.1. The molecule has 2 aliphatic rings. The largest absolute Gasteiger partial charge is 0.371 e. The lowest BCUT2D eigenvalue weighted by molar-refractivity contribution is 0.384. The van der Waals surface area contributed by atoms with Crippen LogP contribution in [0.4, 0.5) is 5.69 Å². The molecule has 164 valence electrons. The van der Waals surface area contributed by atoms with Crippen molar-refractivity contribution < 1.29 is 12.5 Å². The van der Waals surface area contributed by atoms with Crippen molar-refractivity contribution in [1.29, 1.82) is 0 Å². The topological polar surface area (TPSA) is 78.4 Å². The highest BCUT2D eigenvalue weighted by Crippen LogP contribution is 2.54. The van der Waals surface area contributed by atoms with Crippen molar-refractivity contribution in [3.63, 3.8) is 0 Å². The molecule has 3 heterocycles. The summed E-state index contributed by atoms with van der Waals surface area (Å²) in [5.41, 5.74) is 1.94. The first-order valence-electron chi connectivity index (χ1n) is 12.0. The highest BCUT2D eigenvalue weighted by Gasteiger charge is 2.44. The van der Waals surface area contributed by atoms with Gasteiger partial charge in [-0.15, -0.1) is 0 Å². The molecule has 1 aliphatic heterocycles. The summed E-state index contributed by atoms with van der Waals surface area (Å²) in [5, 5.41) is 0.557. The molecular weight excluding hydrogens is 412 g/mol. The SMILES string of the molecule is [2H]C([2H])([2H])n1cc(-c2cc(S(=O)(=O)N(C)C)ccc2N2CCC3(CC2)CC3)c2cc[nH]c2c1=O. The molecule has 1 aliphatic carbocycles. The Labute approximate surface area is 186 Å². The summed E-state index contributed by atoms with van der Waals surface area (Å²) in [6, 6.07) is 6.73. The second kappa shape index (κ2) is 6.97. The standard InChI is InChI=1S/C23H28N4O3S/c1-25(2)31(29,30)16-4-5-20(27-12-9-23(7-8-23)10-13-27)18(14-16)19-15-26(3)22(28)21-17(19)6-11-24-21/h4-6,11,14-15,24H,7-10,12-13H2,1-3H3/i3D3. The Morgan fingerprint density at radius 2 is 1.84 bits per heavy atom. The lowest BCUT2D eigenvalue weighted by Gasteiger charge is -2.35. The van der Waals surface area contributed by atoms with E-state index >= 15 is 0 Å². The molecule has 2 fully saturated rings. The molecule has 1 N–H and O–H groups in total. The minimum Gasteiger partial charge on any atom is -0.371 e. The van der Waals surface area contributed by atoms with E-state index in [1.807, 2.05) is 0 Å². The number of sulfonamides is 1. The number of aromatic nitrogens is 2. The number of hydrogen-bond donors (Lipinski definition) is 1. The van der Waals surface area contributed by atoms with Gasteiger partial charge in [0, 0.05) is 72.9 Å². The predicted octanol–water partition coefficient (Wildman–Crippen LogP) is 3.16. The molecule has 2 aromatic heterocycles. The zero-order valence-corrected chi connectivity index (χ0v) is 18.5. The van der Waals surface area contributed by atoms with Gasteiger partial charge in [0.25, 0.3) is 5.56 Å². The first-order chi connectivity index (χ1) is 15.9. The summed E-state index contributed by atoms with van der Waals surface area (Å²) in [5.74, 6) is 0. The molecule has 1 spiro atoms. The Bertz CT molecular complexity index is 1430. The average Bonchev–Trinajstić information content (AvgIpc) is 3.33. The van der Waals surface area contributed by atoms with E-state index in [0.717, 1.165) is 40.5 Å². The van der Waals surface area contributed by atoms with Crippen LogP contribution in [0.25, 0.3) is 22.0 Å². The summed E-state index contributed by atoms with van der Waals surface area (Å²) in [6.45, 7) is -0.980. The third kappa shape index (κ3) is 3.29. The molecule has 1 saturated heterocycles.